The molecule has 10 heteroatoms. The van der Waals surface area contributed by atoms with Crippen LogP contribution < -0.4 is 5.32 Å². The lowest BCUT2D eigenvalue weighted by molar-refractivity contribution is -0.388. The van der Waals surface area contributed by atoms with Gasteiger partial charge in [-0.25, -0.2) is 4.79 Å². The first-order valence-electron chi connectivity index (χ1n) is 9.45. The molecular formula is C19H25F3N2O5. The summed E-state index contributed by atoms with van der Waals surface area (Å²) >= 11 is 0. The van der Waals surface area contributed by atoms with E-state index in [4.69, 9.17) is 9.47 Å². The van der Waals surface area contributed by atoms with Gasteiger partial charge in [-0.2, -0.15) is 13.2 Å². The van der Waals surface area contributed by atoms with Crippen LogP contribution in [0, 0.1) is 16.0 Å². The van der Waals surface area contributed by atoms with Crippen LogP contribution in [-0.2, 0) is 20.4 Å². The summed E-state index contributed by atoms with van der Waals surface area (Å²) in [6, 6.07) is 2.83. The molecule has 162 valence electrons. The molecule has 1 N–H and O–H groups in total. The lowest BCUT2D eigenvalue weighted by atomic mass is 9.92. The van der Waals surface area contributed by atoms with Crippen LogP contribution in [0.25, 0.3) is 0 Å². The molecule has 0 saturated heterocycles. The van der Waals surface area contributed by atoms with E-state index >= 15 is 0 Å². The predicted molar refractivity (Wildman–Crippen MR) is 99.5 cm³/mol. The number of nitrogens with zero attached hydrogens (tertiary/aromatic N) is 1. The maximum Gasteiger partial charge on any atom is 0.423 e. The molecule has 0 bridgehead atoms. The van der Waals surface area contributed by atoms with Crippen LogP contribution in [0.1, 0.15) is 45.1 Å². The second-order valence-corrected chi connectivity index (χ2v) is 7.49. The molecule has 0 aliphatic heterocycles. The van der Waals surface area contributed by atoms with E-state index in [2.05, 4.69) is 5.32 Å². The first-order valence-corrected chi connectivity index (χ1v) is 9.45. The van der Waals surface area contributed by atoms with Gasteiger partial charge in [-0.1, -0.05) is 13.8 Å². The average molecular weight is 418 g/mol. The maximum atomic E-state index is 13.1. The van der Waals surface area contributed by atoms with Crippen molar-refractivity contribution >= 4 is 17.3 Å². The highest BCUT2D eigenvalue weighted by molar-refractivity contribution is 5.70. The molecule has 29 heavy (non-hydrogen) atoms. The number of rotatable bonds is 8. The molecule has 0 aromatic heterocycles. The Kier molecular flexibility index (Phi) is 7.83. The Morgan fingerprint density at radius 1 is 1.28 bits per heavy atom. The molecule has 0 radical (unpaired) electrons. The molecule has 1 aromatic carbocycles. The number of anilines is 1. The standard InChI is InChI=1S/C19H25F3N2O5/c1-12(2)10-29-18(25)11-28-15-6-3-13(4-7-15)23-14-5-8-17(24(26)27)16(9-14)19(20,21)22/h5,8-9,12-13,15,23H,3-4,6-7,10-11H2,1-2H3/t13-,15-. The highest BCUT2D eigenvalue weighted by atomic mass is 19.4. The Morgan fingerprint density at radius 2 is 1.93 bits per heavy atom. The summed E-state index contributed by atoms with van der Waals surface area (Å²) in [5.74, 6) is -0.165. The summed E-state index contributed by atoms with van der Waals surface area (Å²) < 4.78 is 49.8. The summed E-state index contributed by atoms with van der Waals surface area (Å²) in [6.45, 7) is 4.09. The Bertz CT molecular complexity index is 716. The Labute approximate surface area is 166 Å². The molecule has 0 spiro atoms. The number of carbonyl (C=O) groups is 1. The molecular weight excluding hydrogens is 393 g/mol. The molecule has 1 aromatic rings. The van der Waals surface area contributed by atoms with Crippen molar-refractivity contribution in [2.75, 3.05) is 18.5 Å². The molecule has 0 atom stereocenters. The van der Waals surface area contributed by atoms with E-state index in [1.165, 1.54) is 6.07 Å². The topological polar surface area (TPSA) is 90.7 Å². The molecule has 0 amide bonds. The fraction of sp³-hybridized carbons (Fsp3) is 0.632. The summed E-state index contributed by atoms with van der Waals surface area (Å²) in [6.07, 6.45) is -2.34. The third kappa shape index (κ3) is 7.19. The molecule has 1 fully saturated rings. The smallest absolute Gasteiger partial charge is 0.423 e. The third-order valence-corrected chi connectivity index (χ3v) is 4.56. The molecule has 1 saturated carbocycles. The van der Waals surface area contributed by atoms with E-state index in [1.807, 2.05) is 13.8 Å². The zero-order valence-corrected chi connectivity index (χ0v) is 16.3. The highest BCUT2D eigenvalue weighted by Gasteiger charge is 2.38. The first kappa shape index (κ1) is 22.9. The molecule has 7 nitrogen and oxygen atoms in total. The van der Waals surface area contributed by atoms with Gasteiger partial charge in [0.25, 0.3) is 5.69 Å². The number of carbonyl (C=O) groups excluding carboxylic acids is 1. The van der Waals surface area contributed by atoms with Gasteiger partial charge in [-0.3, -0.25) is 10.1 Å². The molecule has 1 aliphatic rings. The van der Waals surface area contributed by atoms with Crippen LogP contribution in [0.15, 0.2) is 18.2 Å². The minimum Gasteiger partial charge on any atom is -0.464 e. The average Bonchev–Trinajstić information content (AvgIpc) is 2.65. The van der Waals surface area contributed by atoms with E-state index in [1.54, 1.807) is 0 Å². The zero-order valence-electron chi connectivity index (χ0n) is 16.3. The van der Waals surface area contributed by atoms with E-state index in [0.717, 1.165) is 12.1 Å². The monoisotopic (exact) mass is 418 g/mol. The fourth-order valence-corrected chi connectivity index (χ4v) is 3.11. The van der Waals surface area contributed by atoms with Crippen LogP contribution in [0.5, 0.6) is 0 Å². The van der Waals surface area contributed by atoms with Crippen LogP contribution >= 0.6 is 0 Å². The van der Waals surface area contributed by atoms with Crippen molar-refractivity contribution < 1.29 is 32.4 Å². The third-order valence-electron chi connectivity index (χ3n) is 4.56. The van der Waals surface area contributed by atoms with Gasteiger partial charge in [-0.15, -0.1) is 0 Å². The summed E-state index contributed by atoms with van der Waals surface area (Å²) in [4.78, 5) is 21.4. The summed E-state index contributed by atoms with van der Waals surface area (Å²) in [7, 11) is 0. The van der Waals surface area contributed by atoms with Crippen molar-refractivity contribution in [2.24, 2.45) is 5.92 Å². The normalized spacial score (nSPS) is 19.8. The van der Waals surface area contributed by atoms with Gasteiger partial charge in [0.2, 0.25) is 0 Å². The van der Waals surface area contributed by atoms with Gasteiger partial charge in [0.1, 0.15) is 12.2 Å². The van der Waals surface area contributed by atoms with Crippen LogP contribution in [0.2, 0.25) is 0 Å². The van der Waals surface area contributed by atoms with Crippen LogP contribution in [-0.4, -0.2) is 36.3 Å². The van der Waals surface area contributed by atoms with Crippen molar-refractivity contribution in [3.63, 3.8) is 0 Å². The van der Waals surface area contributed by atoms with Gasteiger partial charge in [0, 0.05) is 17.8 Å². The molecule has 2 rings (SSSR count). The maximum absolute atomic E-state index is 13.1. The second kappa shape index (κ2) is 9.91. The van der Waals surface area contributed by atoms with Crippen molar-refractivity contribution in [2.45, 2.75) is 57.9 Å². The summed E-state index contributed by atoms with van der Waals surface area (Å²) in [5.41, 5.74) is -2.06. The Balaban J connectivity index is 1.85. The predicted octanol–water partition coefficient (Wildman–Crippen LogP) is 4.55. The molecule has 0 unspecified atom stereocenters. The summed E-state index contributed by atoms with van der Waals surface area (Å²) in [5, 5.41) is 13.8. The van der Waals surface area contributed by atoms with E-state index in [9.17, 15) is 28.1 Å². The van der Waals surface area contributed by atoms with E-state index < -0.39 is 28.3 Å². The van der Waals surface area contributed by atoms with E-state index in [0.29, 0.717) is 32.3 Å². The Hall–Kier alpha value is -2.36. The van der Waals surface area contributed by atoms with Gasteiger partial charge >= 0.3 is 12.1 Å². The number of hydrogen-bond donors (Lipinski definition) is 1. The quantitative estimate of drug-likeness (QED) is 0.378. The number of esters is 1. The number of benzene rings is 1. The largest absolute Gasteiger partial charge is 0.464 e. The van der Waals surface area contributed by atoms with Gasteiger partial charge < -0.3 is 14.8 Å². The number of nitrogens with one attached hydrogen (secondary N) is 1. The van der Waals surface area contributed by atoms with Gasteiger partial charge in [0.05, 0.1) is 17.6 Å². The zero-order chi connectivity index (χ0) is 21.6. The van der Waals surface area contributed by atoms with Gasteiger partial charge in [0.15, 0.2) is 0 Å². The number of nitro groups is 1. The van der Waals surface area contributed by atoms with E-state index in [-0.39, 0.29) is 30.4 Å². The number of ether oxygens (including phenoxy) is 2. The number of nitro benzene ring substituents is 1. The first-order chi connectivity index (χ1) is 13.6. The van der Waals surface area contributed by atoms with Gasteiger partial charge in [-0.05, 0) is 43.7 Å². The molecule has 0 heterocycles. The minimum atomic E-state index is -4.81. The lowest BCUT2D eigenvalue weighted by Crippen LogP contribution is -2.31. The van der Waals surface area contributed by atoms with Crippen molar-refractivity contribution in [1.29, 1.82) is 0 Å². The van der Waals surface area contributed by atoms with Crippen molar-refractivity contribution in [3.8, 4) is 0 Å². The van der Waals surface area contributed by atoms with Crippen LogP contribution in [0.3, 0.4) is 0 Å². The second-order valence-electron chi connectivity index (χ2n) is 7.49. The SMILES string of the molecule is CC(C)COC(=O)CO[C@H]1CC[C@H](Nc2ccc([N+](=O)[O-])c(C(F)(F)F)c2)CC1. The van der Waals surface area contributed by atoms with Crippen LogP contribution in [0.4, 0.5) is 24.5 Å². The fourth-order valence-electron chi connectivity index (χ4n) is 3.11. The number of halogens is 3. The number of hydrogen-bond acceptors (Lipinski definition) is 6. The highest BCUT2D eigenvalue weighted by Crippen LogP contribution is 2.38. The van der Waals surface area contributed by atoms with Crippen molar-refractivity contribution in [1.82, 2.24) is 0 Å². The molecule has 1 aliphatic carbocycles. The Morgan fingerprint density at radius 3 is 2.48 bits per heavy atom. The van der Waals surface area contributed by atoms with Crippen molar-refractivity contribution in [3.05, 3.63) is 33.9 Å². The minimum absolute atomic E-state index is 0.0784. The number of alkyl halides is 3. The lowest BCUT2D eigenvalue weighted by Gasteiger charge is -2.29.